The van der Waals surface area contributed by atoms with Gasteiger partial charge < -0.3 is 30.1 Å². The van der Waals surface area contributed by atoms with Gasteiger partial charge >= 0.3 is 0 Å². The van der Waals surface area contributed by atoms with Gasteiger partial charge in [-0.05, 0) is 47.4 Å². The largest absolute Gasteiger partial charge is 0.378 e. The number of H-pyrrole nitrogens is 1. The Morgan fingerprint density at radius 1 is 0.897 bits per heavy atom. The van der Waals surface area contributed by atoms with Gasteiger partial charge in [0.2, 0.25) is 11.8 Å². The van der Waals surface area contributed by atoms with Crippen molar-refractivity contribution in [1.29, 1.82) is 0 Å². The molecule has 1 aliphatic heterocycles. The van der Waals surface area contributed by atoms with Gasteiger partial charge in [0.05, 0.1) is 42.1 Å². The maximum Gasteiger partial charge on any atom is 0.274 e. The van der Waals surface area contributed by atoms with Gasteiger partial charge in [0.1, 0.15) is 5.82 Å². The molecule has 0 unspecified atom stereocenters. The number of aromatic nitrogens is 3. The van der Waals surface area contributed by atoms with Crippen LogP contribution in [0, 0.1) is 5.82 Å². The normalized spacial score (nSPS) is 12.8. The van der Waals surface area contributed by atoms with Crippen LogP contribution >= 0.6 is 0 Å². The van der Waals surface area contributed by atoms with E-state index in [9.17, 15) is 28.4 Å². The molecule has 1 aliphatic rings. The predicted octanol–water partition coefficient (Wildman–Crippen LogP) is 3.90. The molecule has 6 rings (SSSR count). The van der Waals surface area contributed by atoms with Crippen LogP contribution in [-0.2, 0) is 27.2 Å². The van der Waals surface area contributed by atoms with Crippen molar-refractivity contribution >= 4 is 40.1 Å². The van der Waals surface area contributed by atoms with Crippen LogP contribution in [-0.4, -0.2) is 120 Å². The molecule has 3 heterocycles. The molecule has 0 radical (unpaired) electrons. The number of nitrogens with one attached hydrogen (secondary N) is 3. The number of nitrogens with zero attached hydrogens (tertiary/aromatic N) is 5. The molecule has 15 heteroatoms. The van der Waals surface area contributed by atoms with Crippen LogP contribution in [0.3, 0.4) is 0 Å². The number of anilines is 1. The molecule has 3 N–H and O–H groups in total. The molecule has 0 aliphatic carbocycles. The molecule has 0 atom stereocenters. The fourth-order valence-electron chi connectivity index (χ4n) is 6.76. The summed E-state index contributed by atoms with van der Waals surface area (Å²) in [5.41, 5.74) is 4.27. The van der Waals surface area contributed by atoms with Crippen molar-refractivity contribution in [3.8, 4) is 11.1 Å². The van der Waals surface area contributed by atoms with Gasteiger partial charge in [-0.2, -0.15) is 5.10 Å². The van der Waals surface area contributed by atoms with Gasteiger partial charge in [-0.1, -0.05) is 55.5 Å². The summed E-state index contributed by atoms with van der Waals surface area (Å²) in [6.07, 6.45) is 2.80. The molecular weight excluding hydrogens is 744 g/mol. The van der Waals surface area contributed by atoms with Crippen LogP contribution in [0.2, 0.25) is 0 Å². The highest BCUT2D eigenvalue weighted by Crippen LogP contribution is 2.26. The Labute approximate surface area is 335 Å². The number of carbonyl (C=O) groups is 4. The Balaban J connectivity index is 0.912. The minimum Gasteiger partial charge on any atom is -0.378 e. The number of pyridine rings is 1. The van der Waals surface area contributed by atoms with E-state index in [1.165, 1.54) is 24.0 Å². The maximum absolute atomic E-state index is 14.9. The Kier molecular flexibility index (Phi) is 13.7. The predicted molar refractivity (Wildman–Crippen MR) is 218 cm³/mol. The number of ether oxygens (including phenoxy) is 1. The van der Waals surface area contributed by atoms with Gasteiger partial charge in [-0.25, -0.2) is 14.5 Å². The van der Waals surface area contributed by atoms with Crippen LogP contribution < -0.4 is 16.2 Å². The molecule has 0 spiro atoms. The molecule has 14 nitrogen and oxygen atoms in total. The first kappa shape index (κ1) is 41.3. The monoisotopic (exact) mass is 790 g/mol. The summed E-state index contributed by atoms with van der Waals surface area (Å²) >= 11 is 0. The fraction of sp³-hybridized carbons (Fsp3) is 0.326. The molecule has 58 heavy (non-hydrogen) atoms. The summed E-state index contributed by atoms with van der Waals surface area (Å²) in [5.74, 6) is -1.89. The number of fused-ring (bicyclic) bond motifs is 1. The lowest BCUT2D eigenvalue weighted by molar-refractivity contribution is -0.131. The van der Waals surface area contributed by atoms with Crippen LogP contribution in [0.1, 0.15) is 51.5 Å². The Hall–Kier alpha value is -6.32. The fourth-order valence-corrected chi connectivity index (χ4v) is 6.76. The van der Waals surface area contributed by atoms with Gasteiger partial charge in [0, 0.05) is 76.8 Å². The third-order valence-corrected chi connectivity index (χ3v) is 10.0. The minimum atomic E-state index is -0.636. The number of aryl methyl sites for hydroxylation is 1. The molecular formula is C43H47FN8O6. The van der Waals surface area contributed by atoms with E-state index in [-0.39, 0.29) is 67.3 Å². The topological polar surface area (TPSA) is 170 Å². The van der Waals surface area contributed by atoms with E-state index in [0.29, 0.717) is 60.4 Å². The maximum atomic E-state index is 14.9. The molecule has 302 valence electrons. The summed E-state index contributed by atoms with van der Waals surface area (Å²) < 4.78 is 20.6. The molecule has 0 bridgehead atoms. The second kappa shape index (κ2) is 19.2. The standard InChI is InChI=1S/C43H47FN8O6/c1-4-29-8-7-9-31(22-29)32-25-38(47-28(2)53)40(46-26-32)43(57)50(3)19-21-58-20-14-45-27-39(54)51-15-17-52(18-16-51)42(56)35-23-30(12-13-36(35)44)24-37-33-10-5-6-11-34(33)41(55)49-48-37/h5-13,22-23,25-26,45H,4,14-21,24,27H2,1-3H3,(H,47,53)(H,49,55). The van der Waals surface area contributed by atoms with Crippen LogP contribution in [0.25, 0.3) is 21.9 Å². The number of hydrogen-bond donors (Lipinski definition) is 3. The first-order chi connectivity index (χ1) is 28.0. The number of amides is 4. The van der Waals surface area contributed by atoms with Crippen molar-refractivity contribution in [1.82, 2.24) is 35.2 Å². The number of rotatable bonds is 15. The van der Waals surface area contributed by atoms with Crippen molar-refractivity contribution in [2.24, 2.45) is 0 Å². The first-order valence-electron chi connectivity index (χ1n) is 19.2. The quantitative estimate of drug-likeness (QED) is 0.133. The number of benzene rings is 3. The average molecular weight is 791 g/mol. The third kappa shape index (κ3) is 10.2. The lowest BCUT2D eigenvalue weighted by Gasteiger charge is -2.35. The zero-order valence-corrected chi connectivity index (χ0v) is 32.8. The summed E-state index contributed by atoms with van der Waals surface area (Å²) in [6, 6.07) is 21.3. The highest BCUT2D eigenvalue weighted by Gasteiger charge is 2.27. The average Bonchev–Trinajstić information content (AvgIpc) is 3.24. The van der Waals surface area contributed by atoms with Crippen molar-refractivity contribution in [2.45, 2.75) is 26.7 Å². The summed E-state index contributed by atoms with van der Waals surface area (Å²) in [6.45, 7) is 5.90. The van der Waals surface area contributed by atoms with Crippen molar-refractivity contribution in [2.75, 3.05) is 71.4 Å². The Bertz CT molecular complexity index is 2360. The highest BCUT2D eigenvalue weighted by atomic mass is 19.1. The van der Waals surface area contributed by atoms with Gasteiger partial charge in [-0.3, -0.25) is 24.0 Å². The molecule has 2 aromatic heterocycles. The van der Waals surface area contributed by atoms with Crippen molar-refractivity contribution in [3.05, 3.63) is 123 Å². The molecule has 0 saturated carbocycles. The van der Waals surface area contributed by atoms with E-state index >= 15 is 0 Å². The van der Waals surface area contributed by atoms with Crippen LogP contribution in [0.5, 0.6) is 0 Å². The minimum absolute atomic E-state index is 0.0578. The summed E-state index contributed by atoms with van der Waals surface area (Å²) in [7, 11) is 1.64. The number of hydrogen-bond acceptors (Lipinski definition) is 9. The summed E-state index contributed by atoms with van der Waals surface area (Å²) in [4.78, 5) is 72.9. The SMILES string of the molecule is CCc1cccc(-c2cnc(C(=O)N(C)CCOCCNCC(=O)N3CCN(C(=O)c4cc(Cc5n[nH]c(=O)c6ccccc56)ccc4F)CC3)c(NC(C)=O)c2)c1. The molecule has 4 amide bonds. The van der Waals surface area contributed by atoms with Gasteiger partial charge in [0.25, 0.3) is 17.4 Å². The van der Waals surface area contributed by atoms with E-state index in [4.69, 9.17) is 4.74 Å². The van der Waals surface area contributed by atoms with E-state index in [0.717, 1.165) is 23.1 Å². The molecule has 1 fully saturated rings. The van der Waals surface area contributed by atoms with Crippen molar-refractivity contribution < 1.29 is 28.3 Å². The molecule has 1 saturated heterocycles. The molecule has 5 aromatic rings. The smallest absolute Gasteiger partial charge is 0.274 e. The van der Waals surface area contributed by atoms with Gasteiger partial charge in [0.15, 0.2) is 5.69 Å². The van der Waals surface area contributed by atoms with E-state index < -0.39 is 11.7 Å². The zero-order valence-electron chi connectivity index (χ0n) is 32.8. The second-order valence-corrected chi connectivity index (χ2v) is 14.1. The third-order valence-electron chi connectivity index (χ3n) is 10.0. The zero-order chi connectivity index (χ0) is 41.2. The van der Waals surface area contributed by atoms with Crippen LogP contribution in [0.4, 0.5) is 10.1 Å². The Morgan fingerprint density at radius 3 is 2.41 bits per heavy atom. The number of piperazine rings is 1. The van der Waals surface area contributed by atoms with Crippen LogP contribution in [0.15, 0.2) is 83.8 Å². The van der Waals surface area contributed by atoms with E-state index in [1.54, 1.807) is 53.4 Å². The lowest BCUT2D eigenvalue weighted by Crippen LogP contribution is -2.52. The number of likely N-dealkylation sites (N-methyl/N-ethyl adjacent to an activating group) is 1. The molecule has 3 aromatic carbocycles. The Morgan fingerprint density at radius 2 is 1.66 bits per heavy atom. The van der Waals surface area contributed by atoms with E-state index in [2.05, 4.69) is 38.8 Å². The highest BCUT2D eigenvalue weighted by molar-refractivity contribution is 6.02. The number of aromatic amines is 1. The first-order valence-corrected chi connectivity index (χ1v) is 19.2. The van der Waals surface area contributed by atoms with Gasteiger partial charge in [-0.15, -0.1) is 0 Å². The second-order valence-electron chi connectivity index (χ2n) is 14.1. The van der Waals surface area contributed by atoms with Crippen molar-refractivity contribution in [3.63, 3.8) is 0 Å². The lowest BCUT2D eigenvalue weighted by atomic mass is 10.0. The van der Waals surface area contributed by atoms with E-state index in [1.807, 2.05) is 24.3 Å². The number of carbonyl (C=O) groups excluding carboxylic acids is 4. The number of halogens is 1. The summed E-state index contributed by atoms with van der Waals surface area (Å²) in [5, 5.41) is 13.7.